The number of nitrogens with one attached hydrogen (secondary N) is 3. The van der Waals surface area contributed by atoms with Gasteiger partial charge in [0.2, 0.25) is 5.91 Å². The van der Waals surface area contributed by atoms with Gasteiger partial charge < -0.3 is 16.0 Å². The lowest BCUT2D eigenvalue weighted by Gasteiger charge is -2.21. The number of carbonyl (C=O) groups is 3. The fourth-order valence-electron chi connectivity index (χ4n) is 2.83. The predicted octanol–water partition coefficient (Wildman–Crippen LogP) is 3.26. The molecular formula is C20H19N3O3S. The van der Waals surface area contributed by atoms with Gasteiger partial charge >= 0.3 is 0 Å². The summed E-state index contributed by atoms with van der Waals surface area (Å²) < 4.78 is 0. The van der Waals surface area contributed by atoms with E-state index < -0.39 is 0 Å². The highest BCUT2D eigenvalue weighted by Crippen LogP contribution is 2.36. The molecule has 3 amide bonds. The SMILES string of the molecule is CC1Sc2ccc(C(=O)Nc3ccccc3C(=O)NC3CC3)cc2NC1=O. The van der Waals surface area contributed by atoms with Crippen molar-refractivity contribution in [1.29, 1.82) is 0 Å². The lowest BCUT2D eigenvalue weighted by Crippen LogP contribution is -2.27. The van der Waals surface area contributed by atoms with Gasteiger partial charge in [-0.3, -0.25) is 14.4 Å². The molecular weight excluding hydrogens is 362 g/mol. The molecule has 1 heterocycles. The summed E-state index contributed by atoms with van der Waals surface area (Å²) in [6.45, 7) is 1.84. The molecule has 0 radical (unpaired) electrons. The Morgan fingerprint density at radius 2 is 1.89 bits per heavy atom. The second-order valence-corrected chi connectivity index (χ2v) is 8.09. The number of anilines is 2. The minimum atomic E-state index is -0.331. The minimum Gasteiger partial charge on any atom is -0.349 e. The standard InChI is InChI=1S/C20H19N3O3S/c1-11-18(24)23-16-10-12(6-9-17(16)27-11)19(25)22-15-5-3-2-4-14(15)20(26)21-13-7-8-13/h2-6,9-11,13H,7-8H2,1H3,(H,21,26)(H,22,25)(H,23,24). The monoisotopic (exact) mass is 381 g/mol. The van der Waals surface area contributed by atoms with Crippen molar-refractivity contribution in [2.45, 2.75) is 36.0 Å². The molecule has 2 aliphatic rings. The predicted molar refractivity (Wildman–Crippen MR) is 105 cm³/mol. The molecule has 1 aliphatic carbocycles. The summed E-state index contributed by atoms with van der Waals surface area (Å²) >= 11 is 1.47. The van der Waals surface area contributed by atoms with Gasteiger partial charge in [0.1, 0.15) is 0 Å². The first-order chi connectivity index (χ1) is 13.0. The van der Waals surface area contributed by atoms with Gasteiger partial charge in [0.25, 0.3) is 11.8 Å². The van der Waals surface area contributed by atoms with Gasteiger partial charge in [0, 0.05) is 16.5 Å². The fraction of sp³-hybridized carbons (Fsp3) is 0.250. The minimum absolute atomic E-state index is 0.0767. The third kappa shape index (κ3) is 3.83. The maximum atomic E-state index is 12.7. The van der Waals surface area contributed by atoms with Crippen molar-refractivity contribution in [3.05, 3.63) is 53.6 Å². The number of carbonyl (C=O) groups excluding carboxylic acids is 3. The van der Waals surface area contributed by atoms with Crippen LogP contribution < -0.4 is 16.0 Å². The highest BCUT2D eigenvalue weighted by molar-refractivity contribution is 8.00. The van der Waals surface area contributed by atoms with Gasteiger partial charge in [-0.05, 0) is 50.1 Å². The average Bonchev–Trinajstić information content (AvgIpc) is 3.46. The zero-order valence-electron chi connectivity index (χ0n) is 14.7. The maximum Gasteiger partial charge on any atom is 0.255 e. The van der Waals surface area contributed by atoms with Crippen LogP contribution in [-0.4, -0.2) is 29.0 Å². The first kappa shape index (κ1) is 17.6. The lowest BCUT2D eigenvalue weighted by atomic mass is 10.1. The summed E-state index contributed by atoms with van der Waals surface area (Å²) in [6.07, 6.45) is 2.00. The van der Waals surface area contributed by atoms with Crippen LogP contribution in [0.2, 0.25) is 0 Å². The van der Waals surface area contributed by atoms with Crippen LogP contribution in [0.3, 0.4) is 0 Å². The van der Waals surface area contributed by atoms with Crippen molar-refractivity contribution in [2.24, 2.45) is 0 Å². The zero-order valence-corrected chi connectivity index (χ0v) is 15.6. The summed E-state index contributed by atoms with van der Waals surface area (Å²) in [5, 5.41) is 8.41. The molecule has 7 heteroatoms. The van der Waals surface area contributed by atoms with Gasteiger partial charge in [-0.2, -0.15) is 0 Å². The van der Waals surface area contributed by atoms with E-state index in [9.17, 15) is 14.4 Å². The molecule has 0 bridgehead atoms. The van der Waals surface area contributed by atoms with E-state index in [4.69, 9.17) is 0 Å². The second kappa shape index (κ2) is 7.08. The van der Waals surface area contributed by atoms with E-state index in [1.807, 2.05) is 13.0 Å². The number of amides is 3. The largest absolute Gasteiger partial charge is 0.349 e. The highest BCUT2D eigenvalue weighted by atomic mass is 32.2. The van der Waals surface area contributed by atoms with Crippen molar-refractivity contribution in [3.63, 3.8) is 0 Å². The Hall–Kier alpha value is -2.80. The van der Waals surface area contributed by atoms with Crippen molar-refractivity contribution >= 4 is 40.9 Å². The van der Waals surface area contributed by atoms with E-state index in [1.165, 1.54) is 11.8 Å². The summed E-state index contributed by atoms with van der Waals surface area (Å²) in [5.41, 5.74) is 1.95. The van der Waals surface area contributed by atoms with Crippen LogP contribution in [0.4, 0.5) is 11.4 Å². The molecule has 6 nitrogen and oxygen atoms in total. The maximum absolute atomic E-state index is 12.7. The molecule has 4 rings (SSSR count). The summed E-state index contributed by atoms with van der Waals surface area (Å²) in [4.78, 5) is 37.9. The lowest BCUT2D eigenvalue weighted by molar-refractivity contribution is -0.115. The number of para-hydroxylation sites is 1. The number of hydrogen-bond donors (Lipinski definition) is 3. The van der Waals surface area contributed by atoms with Crippen LogP contribution >= 0.6 is 11.8 Å². The van der Waals surface area contributed by atoms with E-state index in [2.05, 4.69) is 16.0 Å². The van der Waals surface area contributed by atoms with Crippen LogP contribution in [0.25, 0.3) is 0 Å². The first-order valence-corrected chi connectivity index (χ1v) is 9.72. The molecule has 1 unspecified atom stereocenters. The van der Waals surface area contributed by atoms with E-state index in [-0.39, 0.29) is 29.0 Å². The third-order valence-electron chi connectivity index (χ3n) is 4.51. The second-order valence-electron chi connectivity index (χ2n) is 6.71. The Bertz CT molecular complexity index is 940. The number of thioether (sulfide) groups is 1. The molecule has 0 saturated heterocycles. The Morgan fingerprint density at radius 1 is 1.11 bits per heavy atom. The molecule has 3 N–H and O–H groups in total. The van der Waals surface area contributed by atoms with Crippen molar-refractivity contribution in [2.75, 3.05) is 10.6 Å². The number of hydrogen-bond acceptors (Lipinski definition) is 4. The Morgan fingerprint density at radius 3 is 2.67 bits per heavy atom. The van der Waals surface area contributed by atoms with Crippen LogP contribution in [0.1, 0.15) is 40.5 Å². The number of rotatable bonds is 4. The quantitative estimate of drug-likeness (QED) is 0.759. The van der Waals surface area contributed by atoms with Gasteiger partial charge in [0.05, 0.1) is 22.2 Å². The smallest absolute Gasteiger partial charge is 0.255 e. The molecule has 0 aromatic heterocycles. The molecule has 1 aliphatic heterocycles. The fourth-order valence-corrected chi connectivity index (χ4v) is 3.76. The third-order valence-corrected chi connectivity index (χ3v) is 5.68. The number of benzene rings is 2. The van der Waals surface area contributed by atoms with Crippen molar-refractivity contribution in [3.8, 4) is 0 Å². The van der Waals surface area contributed by atoms with Crippen LogP contribution in [-0.2, 0) is 4.79 Å². The molecule has 2 aromatic rings. The normalized spacial score (nSPS) is 18.3. The van der Waals surface area contributed by atoms with Gasteiger partial charge in [0.15, 0.2) is 0 Å². The first-order valence-electron chi connectivity index (χ1n) is 8.84. The van der Waals surface area contributed by atoms with E-state index in [0.717, 1.165) is 17.7 Å². The number of fused-ring (bicyclic) bond motifs is 1. The van der Waals surface area contributed by atoms with E-state index >= 15 is 0 Å². The molecule has 2 aromatic carbocycles. The van der Waals surface area contributed by atoms with Crippen LogP contribution in [0.5, 0.6) is 0 Å². The molecule has 27 heavy (non-hydrogen) atoms. The van der Waals surface area contributed by atoms with Gasteiger partial charge in [-0.25, -0.2) is 0 Å². The van der Waals surface area contributed by atoms with E-state index in [0.29, 0.717) is 22.5 Å². The molecule has 1 fully saturated rings. The van der Waals surface area contributed by atoms with E-state index in [1.54, 1.807) is 36.4 Å². The molecule has 138 valence electrons. The topological polar surface area (TPSA) is 87.3 Å². The van der Waals surface area contributed by atoms with Crippen molar-refractivity contribution in [1.82, 2.24) is 5.32 Å². The zero-order chi connectivity index (χ0) is 19.0. The molecule has 0 spiro atoms. The van der Waals surface area contributed by atoms with Crippen LogP contribution in [0.15, 0.2) is 47.4 Å². The summed E-state index contributed by atoms with van der Waals surface area (Å²) in [7, 11) is 0. The molecule has 1 saturated carbocycles. The summed E-state index contributed by atoms with van der Waals surface area (Å²) in [5.74, 6) is -0.592. The summed E-state index contributed by atoms with van der Waals surface area (Å²) in [6, 6.07) is 12.4. The Labute approximate surface area is 161 Å². The van der Waals surface area contributed by atoms with Crippen molar-refractivity contribution < 1.29 is 14.4 Å². The van der Waals surface area contributed by atoms with Gasteiger partial charge in [-0.1, -0.05) is 12.1 Å². The highest BCUT2D eigenvalue weighted by Gasteiger charge is 2.26. The average molecular weight is 381 g/mol. The van der Waals surface area contributed by atoms with Crippen LogP contribution in [0, 0.1) is 0 Å². The Kier molecular flexibility index (Phi) is 4.61. The molecule has 1 atom stereocenters. The Balaban J connectivity index is 1.54. The van der Waals surface area contributed by atoms with Gasteiger partial charge in [-0.15, -0.1) is 11.8 Å².